The number of pyridine rings is 1. The summed E-state index contributed by atoms with van der Waals surface area (Å²) in [5.41, 5.74) is 0.768. The van der Waals surface area contributed by atoms with Crippen molar-refractivity contribution in [2.24, 2.45) is 0 Å². The number of esters is 1. The second-order valence-electron chi connectivity index (χ2n) is 4.60. The zero-order chi connectivity index (χ0) is 16.8. The molecule has 2 aromatic rings. The topological polar surface area (TPSA) is 111 Å². The number of nitrogens with zero attached hydrogens (tertiary/aromatic N) is 2. The fourth-order valence-electron chi connectivity index (χ4n) is 1.72. The minimum Gasteiger partial charge on any atom is -0.452 e. The van der Waals surface area contributed by atoms with E-state index < -0.39 is 23.4 Å². The maximum Gasteiger partial charge on any atom is 0.338 e. The first-order chi connectivity index (χ1) is 11.0. The molecular weight excluding hydrogens is 302 g/mol. The Morgan fingerprint density at radius 3 is 2.57 bits per heavy atom. The summed E-state index contributed by atoms with van der Waals surface area (Å²) in [4.78, 5) is 37.4. The fraction of sp³-hybridized carbons (Fsp3) is 0.133. The fourth-order valence-corrected chi connectivity index (χ4v) is 1.72. The molecule has 0 bridgehead atoms. The van der Waals surface area contributed by atoms with Crippen LogP contribution in [-0.4, -0.2) is 28.4 Å². The highest BCUT2D eigenvalue weighted by atomic mass is 16.6. The smallest absolute Gasteiger partial charge is 0.338 e. The van der Waals surface area contributed by atoms with Gasteiger partial charge in [-0.25, -0.2) is 9.78 Å². The van der Waals surface area contributed by atoms with Gasteiger partial charge < -0.3 is 10.1 Å². The first-order valence-electron chi connectivity index (χ1n) is 6.60. The summed E-state index contributed by atoms with van der Waals surface area (Å²) in [5, 5.41) is 13.1. The summed E-state index contributed by atoms with van der Waals surface area (Å²) in [6.07, 6.45) is 1.53. The molecule has 8 heteroatoms. The van der Waals surface area contributed by atoms with E-state index in [4.69, 9.17) is 4.74 Å². The minimum atomic E-state index is -0.743. The lowest BCUT2D eigenvalue weighted by molar-refractivity contribution is -0.384. The highest BCUT2D eigenvalue weighted by molar-refractivity contribution is 5.95. The van der Waals surface area contributed by atoms with Crippen molar-refractivity contribution in [3.63, 3.8) is 0 Å². The standard InChI is InChI=1S/C15H13N3O5/c1-10-3-2-8-16-14(10)17-13(19)9-23-15(20)11-4-6-12(7-5-11)18(21)22/h2-8H,9H2,1H3,(H,16,17,19). The first-order valence-corrected chi connectivity index (χ1v) is 6.60. The number of benzene rings is 1. The number of amides is 1. The van der Waals surface area contributed by atoms with Gasteiger partial charge in [-0.3, -0.25) is 14.9 Å². The predicted octanol–water partition coefficient (Wildman–Crippen LogP) is 2.09. The third kappa shape index (κ3) is 4.34. The number of anilines is 1. The molecule has 0 aliphatic heterocycles. The SMILES string of the molecule is Cc1cccnc1NC(=O)COC(=O)c1ccc([N+](=O)[O-])cc1. The molecule has 1 amide bonds. The van der Waals surface area contributed by atoms with Gasteiger partial charge in [0.05, 0.1) is 10.5 Å². The summed E-state index contributed by atoms with van der Waals surface area (Å²) < 4.78 is 4.85. The molecule has 0 saturated heterocycles. The van der Waals surface area contributed by atoms with Gasteiger partial charge >= 0.3 is 5.97 Å². The second kappa shape index (κ2) is 7.12. The zero-order valence-electron chi connectivity index (χ0n) is 12.2. The van der Waals surface area contributed by atoms with E-state index in [1.807, 2.05) is 0 Å². The van der Waals surface area contributed by atoms with E-state index in [9.17, 15) is 19.7 Å². The van der Waals surface area contributed by atoms with E-state index in [0.29, 0.717) is 5.82 Å². The van der Waals surface area contributed by atoms with Crippen LogP contribution in [0.15, 0.2) is 42.6 Å². The Morgan fingerprint density at radius 1 is 1.26 bits per heavy atom. The molecule has 1 aromatic heterocycles. The molecule has 0 aliphatic carbocycles. The monoisotopic (exact) mass is 315 g/mol. The van der Waals surface area contributed by atoms with Crippen LogP contribution in [0.2, 0.25) is 0 Å². The Bertz CT molecular complexity index is 743. The zero-order valence-corrected chi connectivity index (χ0v) is 12.2. The number of nitro benzene ring substituents is 1. The molecule has 0 atom stereocenters. The van der Waals surface area contributed by atoms with E-state index in [-0.39, 0.29) is 11.3 Å². The molecular formula is C15H13N3O5. The van der Waals surface area contributed by atoms with E-state index >= 15 is 0 Å². The average Bonchev–Trinajstić information content (AvgIpc) is 2.55. The lowest BCUT2D eigenvalue weighted by Gasteiger charge is -2.07. The van der Waals surface area contributed by atoms with Crippen LogP contribution in [0.3, 0.4) is 0 Å². The van der Waals surface area contributed by atoms with Crippen LogP contribution < -0.4 is 5.32 Å². The molecule has 1 aromatic carbocycles. The number of hydrogen-bond donors (Lipinski definition) is 1. The van der Waals surface area contributed by atoms with Crippen LogP contribution in [0.4, 0.5) is 11.5 Å². The first kappa shape index (κ1) is 16.1. The largest absolute Gasteiger partial charge is 0.452 e. The average molecular weight is 315 g/mol. The van der Waals surface area contributed by atoms with E-state index in [1.54, 1.807) is 19.1 Å². The second-order valence-corrected chi connectivity index (χ2v) is 4.60. The molecule has 0 fully saturated rings. The third-order valence-electron chi connectivity index (χ3n) is 2.92. The third-order valence-corrected chi connectivity index (χ3v) is 2.92. The van der Waals surface area contributed by atoms with E-state index in [1.165, 1.54) is 30.5 Å². The van der Waals surface area contributed by atoms with Gasteiger partial charge in [-0.1, -0.05) is 6.07 Å². The molecule has 0 aliphatic rings. The van der Waals surface area contributed by atoms with Crippen molar-refractivity contribution in [3.8, 4) is 0 Å². The molecule has 0 unspecified atom stereocenters. The number of aromatic nitrogens is 1. The maximum atomic E-state index is 11.8. The predicted molar refractivity (Wildman–Crippen MR) is 81.0 cm³/mol. The van der Waals surface area contributed by atoms with Crippen molar-refractivity contribution in [3.05, 3.63) is 63.8 Å². The molecule has 118 valence electrons. The Labute approximate surface area is 131 Å². The van der Waals surface area contributed by atoms with Gasteiger partial charge in [-0.2, -0.15) is 0 Å². The summed E-state index contributed by atoms with van der Waals surface area (Å²) in [7, 11) is 0. The van der Waals surface area contributed by atoms with Gasteiger partial charge in [-0.15, -0.1) is 0 Å². The van der Waals surface area contributed by atoms with Gasteiger partial charge in [-0.05, 0) is 30.7 Å². The number of rotatable bonds is 5. The number of hydrogen-bond acceptors (Lipinski definition) is 6. The molecule has 0 spiro atoms. The van der Waals surface area contributed by atoms with E-state index in [0.717, 1.165) is 5.56 Å². The van der Waals surface area contributed by atoms with Gasteiger partial charge in [0.15, 0.2) is 6.61 Å². The number of nitrogens with one attached hydrogen (secondary N) is 1. The van der Waals surface area contributed by atoms with Crippen LogP contribution in [0.1, 0.15) is 15.9 Å². The summed E-state index contributed by atoms with van der Waals surface area (Å²) in [6, 6.07) is 8.43. The minimum absolute atomic E-state index is 0.123. The Balaban J connectivity index is 1.90. The summed E-state index contributed by atoms with van der Waals surface area (Å²) in [5.74, 6) is -0.876. The molecule has 1 N–H and O–H groups in total. The summed E-state index contributed by atoms with van der Waals surface area (Å²) in [6.45, 7) is 1.30. The van der Waals surface area contributed by atoms with Crippen LogP contribution in [0.25, 0.3) is 0 Å². The quantitative estimate of drug-likeness (QED) is 0.513. The van der Waals surface area contributed by atoms with Gasteiger partial charge in [0.25, 0.3) is 11.6 Å². The Hall–Kier alpha value is -3.29. The van der Waals surface area contributed by atoms with Crippen molar-refractivity contribution in [2.45, 2.75) is 6.92 Å². The highest BCUT2D eigenvalue weighted by Crippen LogP contribution is 2.13. The van der Waals surface area contributed by atoms with Crippen LogP contribution in [0.5, 0.6) is 0 Å². The molecule has 2 rings (SSSR count). The van der Waals surface area contributed by atoms with Gasteiger partial charge in [0.1, 0.15) is 5.82 Å². The number of ether oxygens (including phenoxy) is 1. The van der Waals surface area contributed by atoms with Crippen molar-refractivity contribution in [1.82, 2.24) is 4.98 Å². The molecule has 0 radical (unpaired) electrons. The Morgan fingerprint density at radius 2 is 1.96 bits per heavy atom. The maximum absolute atomic E-state index is 11.8. The van der Waals surface area contributed by atoms with Crippen LogP contribution in [0, 0.1) is 17.0 Å². The number of carbonyl (C=O) groups excluding carboxylic acids is 2. The van der Waals surface area contributed by atoms with Crippen molar-refractivity contribution >= 4 is 23.4 Å². The normalized spacial score (nSPS) is 9.96. The van der Waals surface area contributed by atoms with Gasteiger partial charge in [0, 0.05) is 18.3 Å². The molecule has 0 saturated carbocycles. The molecule has 1 heterocycles. The number of nitro groups is 1. The lowest BCUT2D eigenvalue weighted by atomic mass is 10.2. The van der Waals surface area contributed by atoms with Crippen LogP contribution >= 0.6 is 0 Å². The molecule has 23 heavy (non-hydrogen) atoms. The van der Waals surface area contributed by atoms with Gasteiger partial charge in [0.2, 0.25) is 0 Å². The number of aryl methyl sites for hydroxylation is 1. The lowest BCUT2D eigenvalue weighted by Crippen LogP contribution is -2.21. The van der Waals surface area contributed by atoms with E-state index in [2.05, 4.69) is 10.3 Å². The van der Waals surface area contributed by atoms with Crippen molar-refractivity contribution < 1.29 is 19.2 Å². The molecule has 8 nitrogen and oxygen atoms in total. The van der Waals surface area contributed by atoms with Crippen molar-refractivity contribution in [1.29, 1.82) is 0 Å². The highest BCUT2D eigenvalue weighted by Gasteiger charge is 2.13. The Kier molecular flexibility index (Phi) is 4.98. The van der Waals surface area contributed by atoms with Crippen molar-refractivity contribution in [2.75, 3.05) is 11.9 Å². The number of carbonyl (C=O) groups is 2. The summed E-state index contributed by atoms with van der Waals surface area (Å²) >= 11 is 0. The van der Waals surface area contributed by atoms with Crippen LogP contribution in [-0.2, 0) is 9.53 Å². The number of non-ortho nitro benzene ring substituents is 1.